The molecule has 9 rings (SSSR count). The molecule has 9 aromatic rings. The SMILES string of the molecule is [2H]C([2H])([2H])c1ccc(-n2c(-c3ccccc3O)nc3c(-c4cc(-c5cc(-c6ccc(-c7ccccc7)cc6)ccn5)cc(C(C)(C)C)c4)cccc32)c(-c2ccc(C(C)(C)C)cc2)c1. The fourth-order valence-electron chi connectivity index (χ4n) is 8.15. The van der Waals surface area contributed by atoms with E-state index in [9.17, 15) is 5.11 Å². The molecular weight excluding hydrogens is 743 g/mol. The number of para-hydroxylation sites is 2. The highest BCUT2D eigenvalue weighted by Crippen LogP contribution is 2.42. The number of aryl methyl sites for hydroxylation is 1. The molecule has 0 atom stereocenters. The zero-order valence-corrected chi connectivity index (χ0v) is 35.5. The average Bonchev–Trinajstić information content (AvgIpc) is 3.68. The third-order valence-corrected chi connectivity index (χ3v) is 11.6. The van der Waals surface area contributed by atoms with Crippen LogP contribution in [0.3, 0.4) is 0 Å². The predicted molar refractivity (Wildman–Crippen MR) is 255 cm³/mol. The van der Waals surface area contributed by atoms with Crippen LogP contribution < -0.4 is 0 Å². The highest BCUT2D eigenvalue weighted by molar-refractivity contribution is 5.97. The van der Waals surface area contributed by atoms with Crippen molar-refractivity contribution in [2.24, 2.45) is 0 Å². The number of aromatic nitrogens is 3. The molecular formula is C57H51N3O. The summed E-state index contributed by atoms with van der Waals surface area (Å²) in [5.41, 5.74) is 15.1. The largest absolute Gasteiger partial charge is 0.507 e. The second-order valence-corrected chi connectivity index (χ2v) is 17.9. The van der Waals surface area contributed by atoms with Crippen LogP contribution in [-0.4, -0.2) is 19.6 Å². The van der Waals surface area contributed by atoms with Gasteiger partial charge in [-0.2, -0.15) is 0 Å². The van der Waals surface area contributed by atoms with Gasteiger partial charge in [-0.05, 0) is 117 Å². The molecule has 0 aliphatic rings. The minimum atomic E-state index is -2.32. The predicted octanol–water partition coefficient (Wildman–Crippen LogP) is 15.0. The summed E-state index contributed by atoms with van der Waals surface area (Å²) in [7, 11) is 0. The molecule has 0 saturated heterocycles. The lowest BCUT2D eigenvalue weighted by Crippen LogP contribution is -2.11. The van der Waals surface area contributed by atoms with E-state index >= 15 is 0 Å². The zero-order chi connectivity index (χ0) is 45.0. The molecule has 0 spiro atoms. The van der Waals surface area contributed by atoms with Crippen molar-refractivity contribution in [2.75, 3.05) is 0 Å². The first kappa shape index (κ1) is 35.9. The van der Waals surface area contributed by atoms with Crippen molar-refractivity contribution in [1.29, 1.82) is 0 Å². The van der Waals surface area contributed by atoms with E-state index in [-0.39, 0.29) is 22.1 Å². The number of phenols is 1. The molecule has 4 nitrogen and oxygen atoms in total. The Morgan fingerprint density at radius 1 is 0.492 bits per heavy atom. The van der Waals surface area contributed by atoms with Gasteiger partial charge in [0.25, 0.3) is 0 Å². The number of nitrogens with zero attached hydrogens (tertiary/aromatic N) is 3. The van der Waals surface area contributed by atoms with Gasteiger partial charge < -0.3 is 5.11 Å². The Labute approximate surface area is 364 Å². The molecule has 61 heavy (non-hydrogen) atoms. The standard InChI is InChI=1S/C57H51N3O/c1-37-20-29-51(49(32-37)41-25-27-45(28-26-41)56(2,3)4)60-52-18-13-17-47(54(52)59-55(60)48-16-11-12-19-53(48)61)43-33-44(35-46(34-43)57(5,6)7)50-36-42(30-31-58-50)40-23-21-39(22-24-40)38-14-9-8-10-15-38/h8-36,61H,1-7H3/i1D3. The van der Waals surface area contributed by atoms with Gasteiger partial charge in [0.05, 0.1) is 28.0 Å². The van der Waals surface area contributed by atoms with E-state index < -0.39 is 6.85 Å². The topological polar surface area (TPSA) is 50.9 Å². The van der Waals surface area contributed by atoms with Crippen molar-refractivity contribution in [1.82, 2.24) is 14.5 Å². The Bertz CT molecular complexity index is 3150. The normalized spacial score (nSPS) is 12.9. The van der Waals surface area contributed by atoms with Crippen molar-refractivity contribution < 1.29 is 9.22 Å². The summed E-state index contributed by atoms with van der Waals surface area (Å²) in [4.78, 5) is 10.3. The molecule has 4 heteroatoms. The van der Waals surface area contributed by atoms with E-state index in [2.05, 4.69) is 155 Å². The minimum absolute atomic E-state index is 0.0605. The molecule has 7 aromatic carbocycles. The van der Waals surface area contributed by atoms with Gasteiger partial charge in [-0.3, -0.25) is 9.55 Å². The molecule has 2 heterocycles. The maximum absolute atomic E-state index is 11.4. The first-order chi connectivity index (χ1) is 30.5. The molecule has 0 saturated carbocycles. The number of hydrogen-bond donors (Lipinski definition) is 1. The van der Waals surface area contributed by atoms with Crippen LogP contribution in [-0.2, 0) is 10.8 Å². The third-order valence-electron chi connectivity index (χ3n) is 11.6. The van der Waals surface area contributed by atoms with Crippen LogP contribution in [0, 0.1) is 6.85 Å². The minimum Gasteiger partial charge on any atom is -0.507 e. The number of rotatable bonds is 7. The summed E-state index contributed by atoms with van der Waals surface area (Å²) in [6.07, 6.45) is 1.88. The van der Waals surface area contributed by atoms with Crippen LogP contribution in [0.2, 0.25) is 0 Å². The maximum atomic E-state index is 11.4. The van der Waals surface area contributed by atoms with E-state index in [0.29, 0.717) is 11.4 Å². The van der Waals surface area contributed by atoms with Gasteiger partial charge in [-0.15, -0.1) is 0 Å². The van der Waals surface area contributed by atoms with E-state index in [0.717, 1.165) is 66.9 Å². The second kappa shape index (κ2) is 15.5. The second-order valence-electron chi connectivity index (χ2n) is 17.9. The van der Waals surface area contributed by atoms with Gasteiger partial charge in [-0.1, -0.05) is 162 Å². The molecule has 0 radical (unpaired) electrons. The summed E-state index contributed by atoms with van der Waals surface area (Å²) in [6.45, 7) is 10.9. The summed E-state index contributed by atoms with van der Waals surface area (Å²) < 4.78 is 27.2. The molecule has 300 valence electrons. The summed E-state index contributed by atoms with van der Waals surface area (Å²) in [6, 6.07) is 57.1. The third kappa shape index (κ3) is 7.78. The van der Waals surface area contributed by atoms with Crippen molar-refractivity contribution in [3.8, 4) is 78.6 Å². The van der Waals surface area contributed by atoms with Gasteiger partial charge >= 0.3 is 0 Å². The summed E-state index contributed by atoms with van der Waals surface area (Å²) in [5.74, 6) is 0.628. The van der Waals surface area contributed by atoms with Crippen LogP contribution in [0.1, 0.15) is 62.3 Å². The number of benzene rings is 7. The summed E-state index contributed by atoms with van der Waals surface area (Å²) in [5, 5.41) is 11.4. The molecule has 0 bridgehead atoms. The number of phenolic OH excluding ortho intramolecular Hbond substituents is 1. The Hall–Kier alpha value is -7.04. The van der Waals surface area contributed by atoms with E-state index in [1.165, 1.54) is 16.7 Å². The number of fused-ring (bicyclic) bond motifs is 1. The van der Waals surface area contributed by atoms with Crippen molar-refractivity contribution in [3.05, 3.63) is 193 Å². The number of pyridine rings is 1. The maximum Gasteiger partial charge on any atom is 0.149 e. The molecule has 0 unspecified atom stereocenters. The quantitative estimate of drug-likeness (QED) is 0.175. The fraction of sp³-hybridized carbons (Fsp3) is 0.158. The first-order valence-corrected chi connectivity index (χ1v) is 20.9. The van der Waals surface area contributed by atoms with Crippen molar-refractivity contribution >= 4 is 11.0 Å². The number of imidazole rings is 1. The van der Waals surface area contributed by atoms with Crippen molar-refractivity contribution in [3.63, 3.8) is 0 Å². The smallest absolute Gasteiger partial charge is 0.149 e. The van der Waals surface area contributed by atoms with E-state index in [1.54, 1.807) is 24.3 Å². The number of hydrogen-bond acceptors (Lipinski definition) is 3. The molecule has 0 amide bonds. The first-order valence-electron chi connectivity index (χ1n) is 22.4. The van der Waals surface area contributed by atoms with Crippen LogP contribution in [0.4, 0.5) is 0 Å². The average molecular weight is 797 g/mol. The highest BCUT2D eigenvalue weighted by atomic mass is 16.3. The Kier molecular flexibility index (Phi) is 9.13. The van der Waals surface area contributed by atoms with Gasteiger partial charge in [0.2, 0.25) is 0 Å². The molecule has 0 aliphatic heterocycles. The lowest BCUT2D eigenvalue weighted by atomic mass is 9.83. The Morgan fingerprint density at radius 3 is 1.84 bits per heavy atom. The molecule has 0 fully saturated rings. The van der Waals surface area contributed by atoms with Crippen molar-refractivity contribution in [2.45, 2.75) is 59.2 Å². The van der Waals surface area contributed by atoms with Crippen LogP contribution in [0.15, 0.2) is 176 Å². The lowest BCUT2D eigenvalue weighted by molar-refractivity contribution is 0.477. The van der Waals surface area contributed by atoms with Crippen LogP contribution in [0.5, 0.6) is 5.75 Å². The van der Waals surface area contributed by atoms with Gasteiger partial charge in [0.1, 0.15) is 11.6 Å². The van der Waals surface area contributed by atoms with Gasteiger partial charge in [-0.25, -0.2) is 4.98 Å². The van der Waals surface area contributed by atoms with Gasteiger partial charge in [0, 0.05) is 27.0 Å². The van der Waals surface area contributed by atoms with E-state index in [4.69, 9.17) is 14.1 Å². The Morgan fingerprint density at radius 2 is 1.13 bits per heavy atom. The molecule has 1 N–H and O–H groups in total. The number of aromatic hydroxyl groups is 1. The Balaban J connectivity index is 1.23. The van der Waals surface area contributed by atoms with Crippen LogP contribution in [0.25, 0.3) is 83.9 Å². The van der Waals surface area contributed by atoms with E-state index in [1.807, 2.05) is 42.6 Å². The highest BCUT2D eigenvalue weighted by Gasteiger charge is 2.24. The monoisotopic (exact) mass is 796 g/mol. The zero-order valence-electron chi connectivity index (χ0n) is 38.5. The van der Waals surface area contributed by atoms with Gasteiger partial charge in [0.15, 0.2) is 0 Å². The summed E-state index contributed by atoms with van der Waals surface area (Å²) >= 11 is 0. The van der Waals surface area contributed by atoms with Crippen LogP contribution >= 0.6 is 0 Å². The fourth-order valence-corrected chi connectivity index (χ4v) is 8.15. The molecule has 2 aromatic heterocycles. The molecule has 0 aliphatic carbocycles. The lowest BCUT2D eigenvalue weighted by Gasteiger charge is -2.22.